The van der Waals surface area contributed by atoms with Gasteiger partial charge in [-0.1, -0.05) is 25.6 Å². The van der Waals surface area contributed by atoms with E-state index in [2.05, 4.69) is 29.4 Å². The molecule has 5 nitrogen and oxygen atoms in total. The number of rotatable bonds is 6. The molecule has 92 valence electrons. The van der Waals surface area contributed by atoms with Crippen LogP contribution in [0, 0.1) is 5.92 Å². The van der Waals surface area contributed by atoms with E-state index in [4.69, 9.17) is 0 Å². The van der Waals surface area contributed by atoms with Gasteiger partial charge in [-0.05, 0) is 19.9 Å². The van der Waals surface area contributed by atoms with Crippen LogP contribution in [-0.2, 0) is 6.54 Å². The lowest BCUT2D eigenvalue weighted by molar-refractivity contribution is 0.465. The van der Waals surface area contributed by atoms with Crippen molar-refractivity contribution in [2.45, 2.75) is 38.5 Å². The lowest BCUT2D eigenvalue weighted by atomic mass is 10.1. The summed E-state index contributed by atoms with van der Waals surface area (Å²) in [6, 6.07) is 0.433. The van der Waals surface area contributed by atoms with Crippen LogP contribution in [0.2, 0.25) is 0 Å². The normalized spacial score (nSPS) is 13.3. The van der Waals surface area contributed by atoms with E-state index in [1.54, 1.807) is 16.3 Å². The number of aromatic amines is 1. The minimum atomic E-state index is -0.129. The molecule has 0 bridgehead atoms. The highest BCUT2D eigenvalue weighted by atomic mass is 32.2. The van der Waals surface area contributed by atoms with Crippen LogP contribution in [0.25, 0.3) is 0 Å². The zero-order chi connectivity index (χ0) is 12.1. The molecule has 0 amide bonds. The molecule has 0 radical (unpaired) electrons. The van der Waals surface area contributed by atoms with Crippen molar-refractivity contribution in [3.8, 4) is 0 Å². The first-order chi connectivity index (χ1) is 7.60. The predicted molar refractivity (Wildman–Crippen MR) is 66.9 cm³/mol. The largest absolute Gasteiger partial charge is 0.343 e. The van der Waals surface area contributed by atoms with Crippen LogP contribution in [-0.4, -0.2) is 33.6 Å². The Labute approximate surface area is 100 Å². The van der Waals surface area contributed by atoms with Crippen LogP contribution in [0.3, 0.4) is 0 Å². The molecule has 1 aromatic heterocycles. The Balaban J connectivity index is 2.63. The molecule has 1 aromatic rings. The van der Waals surface area contributed by atoms with E-state index in [0.29, 0.717) is 18.5 Å². The second-order valence-electron chi connectivity index (χ2n) is 4.01. The van der Waals surface area contributed by atoms with Gasteiger partial charge in [0.25, 0.3) is 0 Å². The van der Waals surface area contributed by atoms with Crippen LogP contribution in [0.4, 0.5) is 0 Å². The van der Waals surface area contributed by atoms with Gasteiger partial charge in [-0.15, -0.1) is 5.10 Å². The molecule has 0 aromatic carbocycles. The number of hydrogen-bond donors (Lipinski definition) is 2. The van der Waals surface area contributed by atoms with Crippen molar-refractivity contribution in [1.29, 1.82) is 0 Å². The number of nitrogens with zero attached hydrogens (tertiary/aromatic N) is 2. The minimum absolute atomic E-state index is 0.129. The van der Waals surface area contributed by atoms with Gasteiger partial charge in [-0.25, -0.2) is 9.89 Å². The summed E-state index contributed by atoms with van der Waals surface area (Å²) in [4.78, 5) is 11.3. The molecule has 2 N–H and O–H groups in total. The molecule has 0 aliphatic heterocycles. The first-order valence-electron chi connectivity index (χ1n) is 5.55. The Morgan fingerprint density at radius 3 is 2.75 bits per heavy atom. The highest BCUT2D eigenvalue weighted by Crippen LogP contribution is 2.17. The van der Waals surface area contributed by atoms with Crippen LogP contribution in [0.5, 0.6) is 0 Å². The van der Waals surface area contributed by atoms with Crippen molar-refractivity contribution in [2.75, 3.05) is 12.8 Å². The van der Waals surface area contributed by atoms with Gasteiger partial charge in [0.2, 0.25) is 0 Å². The predicted octanol–water partition coefficient (Wildman–Crippen LogP) is 0.927. The van der Waals surface area contributed by atoms with Gasteiger partial charge >= 0.3 is 5.69 Å². The lowest BCUT2D eigenvalue weighted by Gasteiger charge is -2.19. The second kappa shape index (κ2) is 6.10. The molecule has 1 atom stereocenters. The maximum absolute atomic E-state index is 11.3. The van der Waals surface area contributed by atoms with E-state index >= 15 is 0 Å². The van der Waals surface area contributed by atoms with Crippen molar-refractivity contribution in [3.05, 3.63) is 10.5 Å². The molecule has 1 unspecified atom stereocenters. The van der Waals surface area contributed by atoms with Crippen LogP contribution in [0.15, 0.2) is 9.95 Å². The number of aromatic nitrogens is 3. The molecular weight excluding hydrogens is 224 g/mol. The van der Waals surface area contributed by atoms with Gasteiger partial charge in [-0.2, -0.15) is 0 Å². The quantitative estimate of drug-likeness (QED) is 0.731. The van der Waals surface area contributed by atoms with E-state index in [1.165, 1.54) is 0 Å². The van der Waals surface area contributed by atoms with Gasteiger partial charge in [0.15, 0.2) is 5.16 Å². The molecular formula is C10H20N4OS. The fraction of sp³-hybridized carbons (Fsp3) is 0.800. The SMILES string of the molecule is CCn1c(SCC(NC)C(C)C)n[nH]c1=O. The summed E-state index contributed by atoms with van der Waals surface area (Å²) < 4.78 is 1.65. The summed E-state index contributed by atoms with van der Waals surface area (Å²) in [7, 11) is 1.96. The van der Waals surface area contributed by atoms with Crippen molar-refractivity contribution in [1.82, 2.24) is 20.1 Å². The zero-order valence-corrected chi connectivity index (χ0v) is 11.1. The van der Waals surface area contributed by atoms with Crippen molar-refractivity contribution >= 4 is 11.8 Å². The van der Waals surface area contributed by atoms with Crippen molar-refractivity contribution < 1.29 is 0 Å². The van der Waals surface area contributed by atoms with E-state index in [-0.39, 0.29) is 5.69 Å². The lowest BCUT2D eigenvalue weighted by Crippen LogP contribution is -2.33. The molecule has 0 aliphatic rings. The fourth-order valence-electron chi connectivity index (χ4n) is 1.47. The summed E-state index contributed by atoms with van der Waals surface area (Å²) in [6.07, 6.45) is 0. The van der Waals surface area contributed by atoms with E-state index in [1.807, 2.05) is 14.0 Å². The molecule has 1 rings (SSSR count). The zero-order valence-electron chi connectivity index (χ0n) is 10.3. The highest BCUT2D eigenvalue weighted by Gasteiger charge is 2.14. The Hall–Kier alpha value is -0.750. The third-order valence-electron chi connectivity index (χ3n) is 2.61. The van der Waals surface area contributed by atoms with Gasteiger partial charge in [-0.3, -0.25) is 4.57 Å². The number of hydrogen-bond acceptors (Lipinski definition) is 4. The standard InChI is InChI=1S/C10H20N4OS/c1-5-14-9(15)12-13-10(14)16-6-8(11-4)7(2)3/h7-8,11H,5-6H2,1-4H3,(H,12,15). The minimum Gasteiger partial charge on any atom is -0.316 e. The molecule has 16 heavy (non-hydrogen) atoms. The summed E-state index contributed by atoms with van der Waals surface area (Å²) in [6.45, 7) is 6.96. The average Bonchev–Trinajstić information content (AvgIpc) is 2.59. The van der Waals surface area contributed by atoms with E-state index in [9.17, 15) is 4.79 Å². The fourth-order valence-corrected chi connectivity index (χ4v) is 2.82. The molecule has 0 aliphatic carbocycles. The smallest absolute Gasteiger partial charge is 0.316 e. The van der Waals surface area contributed by atoms with Crippen LogP contribution in [0.1, 0.15) is 20.8 Å². The number of H-pyrrole nitrogens is 1. The molecule has 1 heterocycles. The third-order valence-corrected chi connectivity index (χ3v) is 3.70. The molecule has 0 saturated carbocycles. The van der Waals surface area contributed by atoms with Gasteiger partial charge < -0.3 is 5.32 Å². The van der Waals surface area contributed by atoms with Crippen molar-refractivity contribution in [3.63, 3.8) is 0 Å². The Kier molecular flexibility index (Phi) is 5.08. The van der Waals surface area contributed by atoms with Gasteiger partial charge in [0.05, 0.1) is 0 Å². The van der Waals surface area contributed by atoms with Crippen molar-refractivity contribution in [2.24, 2.45) is 5.92 Å². The first-order valence-corrected chi connectivity index (χ1v) is 6.54. The maximum Gasteiger partial charge on any atom is 0.343 e. The molecule has 6 heteroatoms. The molecule has 0 fully saturated rings. The maximum atomic E-state index is 11.3. The Morgan fingerprint density at radius 1 is 1.56 bits per heavy atom. The Bertz CT molecular complexity index is 371. The van der Waals surface area contributed by atoms with E-state index in [0.717, 1.165) is 10.9 Å². The molecule has 0 spiro atoms. The Morgan fingerprint density at radius 2 is 2.25 bits per heavy atom. The summed E-state index contributed by atoms with van der Waals surface area (Å²) in [5, 5.41) is 10.5. The topological polar surface area (TPSA) is 62.7 Å². The first kappa shape index (κ1) is 13.3. The molecule has 0 saturated heterocycles. The number of nitrogens with one attached hydrogen (secondary N) is 2. The van der Waals surface area contributed by atoms with Crippen LogP contribution < -0.4 is 11.0 Å². The monoisotopic (exact) mass is 244 g/mol. The summed E-state index contributed by atoms with van der Waals surface area (Å²) in [5.41, 5.74) is -0.129. The highest BCUT2D eigenvalue weighted by molar-refractivity contribution is 7.99. The van der Waals surface area contributed by atoms with E-state index < -0.39 is 0 Å². The van der Waals surface area contributed by atoms with Crippen LogP contribution >= 0.6 is 11.8 Å². The number of thioether (sulfide) groups is 1. The summed E-state index contributed by atoms with van der Waals surface area (Å²) >= 11 is 1.61. The second-order valence-corrected chi connectivity index (χ2v) is 4.99. The summed E-state index contributed by atoms with van der Waals surface area (Å²) in [5.74, 6) is 1.48. The van der Waals surface area contributed by atoms with Gasteiger partial charge in [0.1, 0.15) is 0 Å². The average molecular weight is 244 g/mol. The van der Waals surface area contributed by atoms with Gasteiger partial charge in [0, 0.05) is 18.3 Å². The third kappa shape index (κ3) is 3.12.